The van der Waals surface area contributed by atoms with E-state index in [-0.39, 0.29) is 0 Å². The normalized spacial score (nSPS) is 19.9. The molecule has 0 radical (unpaired) electrons. The molecule has 0 aliphatic carbocycles. The summed E-state index contributed by atoms with van der Waals surface area (Å²) in [4.78, 5) is 0. The standard InChI is InChI=1S/C14H30N2/c1-2-4-13(7-10-15)5-3-6-14-8-11-16-12-9-14/h13-14,16H,2-12,15H2,1H3. The number of nitrogens with two attached hydrogens (primary N) is 1. The monoisotopic (exact) mass is 226 g/mol. The molecule has 3 N–H and O–H groups in total. The van der Waals surface area contributed by atoms with E-state index < -0.39 is 0 Å². The Balaban J connectivity index is 2.06. The minimum absolute atomic E-state index is 0.873. The second-order valence-electron chi connectivity index (χ2n) is 5.36. The van der Waals surface area contributed by atoms with Crippen molar-refractivity contribution in [3.63, 3.8) is 0 Å². The third-order valence-electron chi connectivity index (χ3n) is 3.96. The smallest absolute Gasteiger partial charge is 0.00463 e. The lowest BCUT2D eigenvalue weighted by molar-refractivity contribution is 0.321. The molecule has 1 fully saturated rings. The van der Waals surface area contributed by atoms with Crippen molar-refractivity contribution in [3.05, 3.63) is 0 Å². The van der Waals surface area contributed by atoms with Crippen LogP contribution in [0.3, 0.4) is 0 Å². The summed E-state index contributed by atoms with van der Waals surface area (Å²) in [5.41, 5.74) is 5.67. The van der Waals surface area contributed by atoms with Crippen molar-refractivity contribution in [1.82, 2.24) is 5.32 Å². The maximum absolute atomic E-state index is 5.67. The first-order valence-corrected chi connectivity index (χ1v) is 7.27. The maximum atomic E-state index is 5.67. The van der Waals surface area contributed by atoms with Gasteiger partial charge in [-0.2, -0.15) is 0 Å². The van der Waals surface area contributed by atoms with E-state index in [0.717, 1.165) is 18.4 Å². The van der Waals surface area contributed by atoms with Crippen LogP contribution < -0.4 is 11.1 Å². The highest BCUT2D eigenvalue weighted by Gasteiger charge is 2.13. The van der Waals surface area contributed by atoms with E-state index in [1.165, 1.54) is 64.5 Å². The Morgan fingerprint density at radius 2 is 1.94 bits per heavy atom. The molecular weight excluding hydrogens is 196 g/mol. The second-order valence-corrected chi connectivity index (χ2v) is 5.36. The van der Waals surface area contributed by atoms with Crippen molar-refractivity contribution in [2.24, 2.45) is 17.6 Å². The minimum Gasteiger partial charge on any atom is -0.330 e. The SMILES string of the molecule is CCCC(CCN)CCCC1CCNCC1. The van der Waals surface area contributed by atoms with E-state index in [1.54, 1.807) is 0 Å². The van der Waals surface area contributed by atoms with E-state index in [0.29, 0.717) is 0 Å². The fraction of sp³-hybridized carbons (Fsp3) is 1.00. The summed E-state index contributed by atoms with van der Waals surface area (Å²) in [6.45, 7) is 5.64. The molecule has 2 heteroatoms. The fourth-order valence-corrected chi connectivity index (χ4v) is 2.94. The summed E-state index contributed by atoms with van der Waals surface area (Å²) in [6, 6.07) is 0. The Morgan fingerprint density at radius 1 is 1.19 bits per heavy atom. The van der Waals surface area contributed by atoms with E-state index in [2.05, 4.69) is 12.2 Å². The molecule has 1 aliphatic heterocycles. The predicted octanol–water partition coefficient (Wildman–Crippen LogP) is 2.92. The molecule has 96 valence electrons. The molecule has 1 saturated heterocycles. The molecule has 0 aromatic heterocycles. The van der Waals surface area contributed by atoms with Crippen LogP contribution in [0, 0.1) is 11.8 Å². The molecule has 0 aromatic rings. The van der Waals surface area contributed by atoms with Crippen molar-refractivity contribution < 1.29 is 0 Å². The van der Waals surface area contributed by atoms with Gasteiger partial charge in [0.05, 0.1) is 0 Å². The van der Waals surface area contributed by atoms with Gasteiger partial charge in [0.15, 0.2) is 0 Å². The van der Waals surface area contributed by atoms with Gasteiger partial charge < -0.3 is 11.1 Å². The molecule has 1 rings (SSSR count). The van der Waals surface area contributed by atoms with Gasteiger partial charge in [0.25, 0.3) is 0 Å². The molecule has 0 amide bonds. The van der Waals surface area contributed by atoms with Crippen LogP contribution in [0.4, 0.5) is 0 Å². The Morgan fingerprint density at radius 3 is 2.56 bits per heavy atom. The summed E-state index contributed by atoms with van der Waals surface area (Å²) < 4.78 is 0. The van der Waals surface area contributed by atoms with Gasteiger partial charge in [-0.3, -0.25) is 0 Å². The van der Waals surface area contributed by atoms with Crippen LogP contribution in [0.1, 0.15) is 58.3 Å². The molecule has 0 bridgehead atoms. The van der Waals surface area contributed by atoms with E-state index in [1.807, 2.05) is 0 Å². The molecule has 0 aromatic carbocycles. The summed E-state index contributed by atoms with van der Waals surface area (Å²) >= 11 is 0. The molecule has 1 unspecified atom stereocenters. The van der Waals surface area contributed by atoms with Gasteiger partial charge in [-0.15, -0.1) is 0 Å². The molecule has 1 heterocycles. The van der Waals surface area contributed by atoms with Crippen LogP contribution in [-0.4, -0.2) is 19.6 Å². The van der Waals surface area contributed by atoms with Crippen LogP contribution in [0.15, 0.2) is 0 Å². The van der Waals surface area contributed by atoms with Gasteiger partial charge >= 0.3 is 0 Å². The third-order valence-corrected chi connectivity index (χ3v) is 3.96. The predicted molar refractivity (Wildman–Crippen MR) is 71.5 cm³/mol. The van der Waals surface area contributed by atoms with Crippen molar-refractivity contribution in [3.8, 4) is 0 Å². The number of piperidine rings is 1. The number of rotatable bonds is 8. The largest absolute Gasteiger partial charge is 0.330 e. The first-order valence-electron chi connectivity index (χ1n) is 7.27. The van der Waals surface area contributed by atoms with Gasteiger partial charge in [0.1, 0.15) is 0 Å². The number of hydrogen-bond acceptors (Lipinski definition) is 2. The quantitative estimate of drug-likeness (QED) is 0.668. The Kier molecular flexibility index (Phi) is 7.87. The lowest BCUT2D eigenvalue weighted by Crippen LogP contribution is -2.27. The summed E-state index contributed by atoms with van der Waals surface area (Å²) in [5, 5.41) is 3.44. The van der Waals surface area contributed by atoms with Crippen molar-refractivity contribution in [2.45, 2.75) is 58.3 Å². The minimum atomic E-state index is 0.873. The third kappa shape index (κ3) is 5.86. The molecule has 0 saturated carbocycles. The molecule has 1 atom stereocenters. The van der Waals surface area contributed by atoms with E-state index >= 15 is 0 Å². The van der Waals surface area contributed by atoms with Crippen LogP contribution in [0.25, 0.3) is 0 Å². The second kappa shape index (κ2) is 9.00. The number of hydrogen-bond donors (Lipinski definition) is 2. The van der Waals surface area contributed by atoms with Crippen molar-refractivity contribution >= 4 is 0 Å². The zero-order valence-corrected chi connectivity index (χ0v) is 11.0. The highest BCUT2D eigenvalue weighted by molar-refractivity contribution is 4.69. The fourth-order valence-electron chi connectivity index (χ4n) is 2.94. The topological polar surface area (TPSA) is 38.0 Å². The summed E-state index contributed by atoms with van der Waals surface area (Å²) in [5.74, 6) is 1.90. The van der Waals surface area contributed by atoms with Crippen LogP contribution in [-0.2, 0) is 0 Å². The lowest BCUT2D eigenvalue weighted by atomic mass is 9.88. The Labute approximate surface area is 101 Å². The summed E-state index contributed by atoms with van der Waals surface area (Å²) in [6.07, 6.45) is 11.0. The molecule has 16 heavy (non-hydrogen) atoms. The average Bonchev–Trinajstić information content (AvgIpc) is 2.31. The van der Waals surface area contributed by atoms with Gasteiger partial charge in [0.2, 0.25) is 0 Å². The van der Waals surface area contributed by atoms with Gasteiger partial charge in [0, 0.05) is 0 Å². The number of nitrogens with one attached hydrogen (secondary N) is 1. The van der Waals surface area contributed by atoms with Gasteiger partial charge in [-0.05, 0) is 50.7 Å². The highest BCUT2D eigenvalue weighted by Crippen LogP contribution is 2.23. The van der Waals surface area contributed by atoms with Crippen molar-refractivity contribution in [2.75, 3.05) is 19.6 Å². The maximum Gasteiger partial charge on any atom is -0.00463 e. The van der Waals surface area contributed by atoms with Gasteiger partial charge in [-0.1, -0.05) is 39.0 Å². The zero-order chi connectivity index (χ0) is 11.6. The zero-order valence-electron chi connectivity index (χ0n) is 11.0. The van der Waals surface area contributed by atoms with Crippen molar-refractivity contribution in [1.29, 1.82) is 0 Å². The van der Waals surface area contributed by atoms with Crippen LogP contribution in [0.5, 0.6) is 0 Å². The Hall–Kier alpha value is -0.0800. The molecular formula is C14H30N2. The highest BCUT2D eigenvalue weighted by atomic mass is 14.9. The van der Waals surface area contributed by atoms with Crippen LogP contribution in [0.2, 0.25) is 0 Å². The molecule has 2 nitrogen and oxygen atoms in total. The summed E-state index contributed by atoms with van der Waals surface area (Å²) in [7, 11) is 0. The van der Waals surface area contributed by atoms with E-state index in [9.17, 15) is 0 Å². The van der Waals surface area contributed by atoms with E-state index in [4.69, 9.17) is 5.73 Å². The van der Waals surface area contributed by atoms with Gasteiger partial charge in [-0.25, -0.2) is 0 Å². The lowest BCUT2D eigenvalue weighted by Gasteiger charge is -2.23. The van der Waals surface area contributed by atoms with Crippen LogP contribution >= 0.6 is 0 Å². The molecule has 0 spiro atoms. The molecule has 1 aliphatic rings. The first kappa shape index (κ1) is 14.0. The average molecular weight is 226 g/mol. The first-order chi connectivity index (χ1) is 7.86. The Bertz CT molecular complexity index is 147.